The van der Waals surface area contributed by atoms with Gasteiger partial charge in [0.1, 0.15) is 6.10 Å². The van der Waals surface area contributed by atoms with Crippen molar-refractivity contribution < 1.29 is 4.74 Å². The number of para-hydroxylation sites is 2. The first-order chi connectivity index (χ1) is 8.83. The summed E-state index contributed by atoms with van der Waals surface area (Å²) in [6, 6.07) is 7.91. The van der Waals surface area contributed by atoms with E-state index in [1.165, 1.54) is 12.8 Å². The number of benzene rings is 1. The number of rotatable bonds is 2. The van der Waals surface area contributed by atoms with Gasteiger partial charge in [-0.1, -0.05) is 18.6 Å². The predicted molar refractivity (Wildman–Crippen MR) is 70.4 cm³/mol. The van der Waals surface area contributed by atoms with Crippen molar-refractivity contribution in [2.45, 2.75) is 37.8 Å². The van der Waals surface area contributed by atoms with Crippen LogP contribution in [0.3, 0.4) is 0 Å². The van der Waals surface area contributed by atoms with Crippen LogP contribution in [0.1, 0.15) is 25.7 Å². The molecule has 1 aliphatic rings. The van der Waals surface area contributed by atoms with E-state index < -0.39 is 0 Å². The second kappa shape index (κ2) is 4.90. The molecule has 1 fully saturated rings. The average Bonchev–Trinajstić information content (AvgIpc) is 2.41. The third-order valence-corrected chi connectivity index (χ3v) is 3.45. The first kappa shape index (κ1) is 11.4. The zero-order valence-electron chi connectivity index (χ0n) is 10.2. The molecule has 0 bridgehead atoms. The van der Waals surface area contributed by atoms with Crippen molar-refractivity contribution in [3.05, 3.63) is 30.5 Å². The minimum atomic E-state index is 0.0780. The fraction of sp³-hybridized carbons (Fsp3) is 0.429. The Morgan fingerprint density at radius 1 is 1.11 bits per heavy atom. The fourth-order valence-electron chi connectivity index (χ4n) is 2.42. The predicted octanol–water partition coefficient (Wildman–Crippen LogP) is 2.28. The number of hydrogen-bond donors (Lipinski definition) is 1. The maximum absolute atomic E-state index is 6.07. The molecule has 4 heteroatoms. The van der Waals surface area contributed by atoms with Gasteiger partial charge in [0.05, 0.1) is 17.2 Å². The van der Waals surface area contributed by atoms with Gasteiger partial charge in [-0.2, -0.15) is 0 Å². The molecule has 2 atom stereocenters. The molecule has 0 unspecified atom stereocenters. The van der Waals surface area contributed by atoms with Gasteiger partial charge >= 0.3 is 0 Å². The number of aromatic nitrogens is 2. The van der Waals surface area contributed by atoms with Crippen LogP contribution < -0.4 is 10.5 Å². The molecule has 1 aromatic carbocycles. The lowest BCUT2D eigenvalue weighted by molar-refractivity contribution is 0.127. The second-order valence-corrected chi connectivity index (χ2v) is 4.80. The number of ether oxygens (including phenoxy) is 1. The Morgan fingerprint density at radius 3 is 2.72 bits per heavy atom. The molecule has 2 N–H and O–H groups in total. The summed E-state index contributed by atoms with van der Waals surface area (Å²) >= 11 is 0. The summed E-state index contributed by atoms with van der Waals surface area (Å²) in [7, 11) is 0. The standard InChI is InChI=1S/C14H17N3O/c15-10-5-1-4-8-13(10)18-14-9-16-11-6-2-3-7-12(11)17-14/h2-3,6-7,9-10,13H,1,4-5,8,15H2/t10-,13-/m1/s1. The van der Waals surface area contributed by atoms with Crippen LogP contribution in [-0.4, -0.2) is 22.1 Å². The largest absolute Gasteiger partial charge is 0.472 e. The van der Waals surface area contributed by atoms with Crippen molar-refractivity contribution in [3.63, 3.8) is 0 Å². The molecule has 1 saturated carbocycles. The maximum Gasteiger partial charge on any atom is 0.233 e. The van der Waals surface area contributed by atoms with Gasteiger partial charge in [-0.05, 0) is 31.4 Å². The van der Waals surface area contributed by atoms with E-state index in [1.54, 1.807) is 6.20 Å². The van der Waals surface area contributed by atoms with Crippen molar-refractivity contribution >= 4 is 11.0 Å². The van der Waals surface area contributed by atoms with Gasteiger partial charge in [-0.15, -0.1) is 0 Å². The van der Waals surface area contributed by atoms with E-state index in [4.69, 9.17) is 10.5 Å². The van der Waals surface area contributed by atoms with Gasteiger partial charge in [0.25, 0.3) is 0 Å². The lowest BCUT2D eigenvalue weighted by Crippen LogP contribution is -2.41. The van der Waals surface area contributed by atoms with Crippen LogP contribution in [0, 0.1) is 0 Å². The zero-order valence-corrected chi connectivity index (χ0v) is 10.2. The minimum absolute atomic E-state index is 0.0780. The molecule has 1 aromatic heterocycles. The molecule has 3 rings (SSSR count). The minimum Gasteiger partial charge on any atom is -0.472 e. The average molecular weight is 243 g/mol. The van der Waals surface area contributed by atoms with Crippen LogP contribution in [0.5, 0.6) is 5.88 Å². The van der Waals surface area contributed by atoms with Gasteiger partial charge in [0.15, 0.2) is 0 Å². The first-order valence-electron chi connectivity index (χ1n) is 6.47. The number of nitrogens with two attached hydrogens (primary N) is 1. The number of fused-ring (bicyclic) bond motifs is 1. The second-order valence-electron chi connectivity index (χ2n) is 4.80. The Balaban J connectivity index is 1.81. The Morgan fingerprint density at radius 2 is 1.89 bits per heavy atom. The summed E-state index contributed by atoms with van der Waals surface area (Å²) in [6.07, 6.45) is 6.18. The normalized spacial score (nSPS) is 24.1. The van der Waals surface area contributed by atoms with E-state index in [-0.39, 0.29) is 12.1 Å². The molecule has 0 aliphatic heterocycles. The molecule has 0 spiro atoms. The molecule has 0 radical (unpaired) electrons. The van der Waals surface area contributed by atoms with Crippen molar-refractivity contribution in [1.29, 1.82) is 0 Å². The van der Waals surface area contributed by atoms with Gasteiger partial charge in [-0.3, -0.25) is 0 Å². The third kappa shape index (κ3) is 2.29. The van der Waals surface area contributed by atoms with E-state index in [0.29, 0.717) is 5.88 Å². The van der Waals surface area contributed by atoms with Crippen molar-refractivity contribution in [1.82, 2.24) is 9.97 Å². The summed E-state index contributed by atoms with van der Waals surface area (Å²) in [4.78, 5) is 8.81. The third-order valence-electron chi connectivity index (χ3n) is 3.45. The van der Waals surface area contributed by atoms with Crippen LogP contribution in [0.4, 0.5) is 0 Å². The van der Waals surface area contributed by atoms with Crippen molar-refractivity contribution in [3.8, 4) is 5.88 Å². The number of nitrogens with zero attached hydrogens (tertiary/aromatic N) is 2. The smallest absolute Gasteiger partial charge is 0.233 e. The van der Waals surface area contributed by atoms with Crippen molar-refractivity contribution in [2.75, 3.05) is 0 Å². The van der Waals surface area contributed by atoms with Gasteiger partial charge in [0, 0.05) is 6.04 Å². The van der Waals surface area contributed by atoms with E-state index in [0.717, 1.165) is 23.9 Å². The van der Waals surface area contributed by atoms with Crippen LogP contribution >= 0.6 is 0 Å². The summed E-state index contributed by atoms with van der Waals surface area (Å²) < 4.78 is 5.88. The molecule has 1 heterocycles. The monoisotopic (exact) mass is 243 g/mol. The molecular formula is C14H17N3O. The van der Waals surface area contributed by atoms with E-state index in [2.05, 4.69) is 9.97 Å². The maximum atomic E-state index is 6.07. The van der Waals surface area contributed by atoms with E-state index >= 15 is 0 Å². The Labute approximate surface area is 106 Å². The number of hydrogen-bond acceptors (Lipinski definition) is 4. The molecule has 18 heavy (non-hydrogen) atoms. The summed E-state index contributed by atoms with van der Waals surface area (Å²) in [6.45, 7) is 0. The molecule has 0 saturated heterocycles. The highest BCUT2D eigenvalue weighted by Gasteiger charge is 2.23. The Bertz CT molecular complexity index is 543. The molecule has 4 nitrogen and oxygen atoms in total. The Kier molecular flexibility index (Phi) is 3.11. The Hall–Kier alpha value is -1.68. The molecule has 1 aliphatic carbocycles. The lowest BCUT2D eigenvalue weighted by atomic mass is 9.93. The van der Waals surface area contributed by atoms with Crippen LogP contribution in [0.25, 0.3) is 11.0 Å². The summed E-state index contributed by atoms with van der Waals surface area (Å²) in [5.74, 6) is 0.580. The molecule has 94 valence electrons. The quantitative estimate of drug-likeness (QED) is 0.879. The highest BCUT2D eigenvalue weighted by atomic mass is 16.5. The van der Waals surface area contributed by atoms with Gasteiger partial charge in [-0.25, -0.2) is 9.97 Å². The summed E-state index contributed by atoms with van der Waals surface area (Å²) in [5.41, 5.74) is 7.81. The topological polar surface area (TPSA) is 61.0 Å². The van der Waals surface area contributed by atoms with E-state index in [1.807, 2.05) is 24.3 Å². The SMILES string of the molecule is N[C@@H]1CCCC[C@H]1Oc1cnc2ccccc2n1. The van der Waals surface area contributed by atoms with E-state index in [9.17, 15) is 0 Å². The highest BCUT2D eigenvalue weighted by molar-refractivity contribution is 5.73. The fourth-order valence-corrected chi connectivity index (χ4v) is 2.42. The van der Waals surface area contributed by atoms with Crippen LogP contribution in [0.2, 0.25) is 0 Å². The van der Waals surface area contributed by atoms with Gasteiger partial charge < -0.3 is 10.5 Å². The zero-order chi connectivity index (χ0) is 12.4. The lowest BCUT2D eigenvalue weighted by Gasteiger charge is -2.28. The highest BCUT2D eigenvalue weighted by Crippen LogP contribution is 2.22. The molecule has 2 aromatic rings. The van der Waals surface area contributed by atoms with Crippen LogP contribution in [0.15, 0.2) is 30.5 Å². The molecular weight excluding hydrogens is 226 g/mol. The van der Waals surface area contributed by atoms with Crippen molar-refractivity contribution in [2.24, 2.45) is 5.73 Å². The van der Waals surface area contributed by atoms with Gasteiger partial charge in [0.2, 0.25) is 5.88 Å². The summed E-state index contributed by atoms with van der Waals surface area (Å²) in [5, 5.41) is 0. The first-order valence-corrected chi connectivity index (χ1v) is 6.47. The van der Waals surface area contributed by atoms with Crippen LogP contribution in [-0.2, 0) is 0 Å². The molecule has 0 amide bonds.